The van der Waals surface area contributed by atoms with Gasteiger partial charge in [-0.1, -0.05) is 55.3 Å². The molecule has 0 unspecified atom stereocenters. The summed E-state index contributed by atoms with van der Waals surface area (Å²) in [6, 6.07) is 12.0. The van der Waals surface area contributed by atoms with Gasteiger partial charge in [0.15, 0.2) is 0 Å². The number of benzene rings is 2. The van der Waals surface area contributed by atoms with Crippen molar-refractivity contribution in [1.82, 2.24) is 0 Å². The maximum absolute atomic E-state index is 12.9. The minimum Gasteiger partial charge on any atom is -0.426 e. The quantitative estimate of drug-likeness (QED) is 0.349. The van der Waals surface area contributed by atoms with E-state index in [1.54, 1.807) is 12.1 Å². The topological polar surface area (TPSA) is 26.3 Å². The van der Waals surface area contributed by atoms with E-state index < -0.39 is 0 Å². The van der Waals surface area contributed by atoms with E-state index in [0.717, 1.165) is 23.1 Å². The monoisotopic (exact) mass is 356 g/mol. The zero-order valence-corrected chi connectivity index (χ0v) is 16.4. The highest BCUT2D eigenvalue weighted by molar-refractivity contribution is 5.73. The van der Waals surface area contributed by atoms with E-state index in [-0.39, 0.29) is 18.2 Å². The lowest BCUT2D eigenvalue weighted by Crippen LogP contribution is -2.10. The number of carbonyl (C=O) groups is 1. The van der Waals surface area contributed by atoms with Crippen molar-refractivity contribution in [2.24, 2.45) is 0 Å². The van der Waals surface area contributed by atoms with Gasteiger partial charge < -0.3 is 4.74 Å². The number of hydrogen-bond acceptors (Lipinski definition) is 2. The second-order valence-electron chi connectivity index (χ2n) is 6.20. The fourth-order valence-electron chi connectivity index (χ4n) is 2.35. The van der Waals surface area contributed by atoms with Crippen LogP contribution in [0.25, 0.3) is 0 Å². The van der Waals surface area contributed by atoms with Crippen molar-refractivity contribution in [3.8, 4) is 5.75 Å². The summed E-state index contributed by atoms with van der Waals surface area (Å²) in [6.45, 7) is 10.1. The fourth-order valence-corrected chi connectivity index (χ4v) is 2.35. The Morgan fingerprint density at radius 2 is 1.73 bits per heavy atom. The molecule has 0 aliphatic heterocycles. The molecule has 2 aromatic carbocycles. The molecule has 0 aromatic heterocycles. The molecule has 26 heavy (non-hydrogen) atoms. The minimum atomic E-state index is -0.276. The SMILES string of the molecule is CC.CC(C)=CCc1cc(C)ccc1OC(=O)CCc1ccc(F)cc1. The van der Waals surface area contributed by atoms with Gasteiger partial charge in [0.2, 0.25) is 0 Å². The van der Waals surface area contributed by atoms with Crippen LogP contribution in [0.5, 0.6) is 5.75 Å². The number of ether oxygens (including phenoxy) is 1. The van der Waals surface area contributed by atoms with E-state index in [0.29, 0.717) is 12.2 Å². The average molecular weight is 356 g/mol. The number of hydrogen-bond donors (Lipinski definition) is 0. The van der Waals surface area contributed by atoms with E-state index in [1.807, 2.05) is 52.8 Å². The second-order valence-corrected chi connectivity index (χ2v) is 6.20. The molecule has 0 saturated heterocycles. The third-order valence-electron chi connectivity index (χ3n) is 3.70. The first kappa shape index (κ1) is 21.6. The number of allylic oxidation sites excluding steroid dienone is 2. The normalized spacial score (nSPS) is 9.77. The van der Waals surface area contributed by atoms with Crippen LogP contribution in [0.1, 0.15) is 50.8 Å². The van der Waals surface area contributed by atoms with Gasteiger partial charge in [-0.15, -0.1) is 0 Å². The van der Waals surface area contributed by atoms with Crippen LogP contribution in [0.15, 0.2) is 54.1 Å². The molecule has 0 aliphatic rings. The summed E-state index contributed by atoms with van der Waals surface area (Å²) in [5.74, 6) is 0.0636. The highest BCUT2D eigenvalue weighted by atomic mass is 19.1. The molecular formula is C23H29FO2. The summed E-state index contributed by atoms with van der Waals surface area (Å²) < 4.78 is 18.4. The van der Waals surface area contributed by atoms with E-state index in [9.17, 15) is 9.18 Å². The van der Waals surface area contributed by atoms with Gasteiger partial charge in [0, 0.05) is 6.42 Å². The number of aryl methyl sites for hydroxylation is 2. The summed E-state index contributed by atoms with van der Waals surface area (Å²) in [4.78, 5) is 12.1. The number of rotatable bonds is 6. The molecule has 0 bridgehead atoms. The van der Waals surface area contributed by atoms with Crippen LogP contribution in [-0.4, -0.2) is 5.97 Å². The predicted octanol–water partition coefficient (Wildman–Crippen LogP) is 6.21. The highest BCUT2D eigenvalue weighted by Gasteiger charge is 2.10. The van der Waals surface area contributed by atoms with Crippen molar-refractivity contribution in [1.29, 1.82) is 0 Å². The maximum Gasteiger partial charge on any atom is 0.311 e. The van der Waals surface area contributed by atoms with Crippen LogP contribution < -0.4 is 4.74 Å². The van der Waals surface area contributed by atoms with E-state index >= 15 is 0 Å². The lowest BCUT2D eigenvalue weighted by atomic mass is 10.1. The molecule has 0 fully saturated rings. The van der Waals surface area contributed by atoms with E-state index in [4.69, 9.17) is 4.74 Å². The van der Waals surface area contributed by atoms with E-state index in [1.165, 1.54) is 17.7 Å². The van der Waals surface area contributed by atoms with Crippen LogP contribution >= 0.6 is 0 Å². The third-order valence-corrected chi connectivity index (χ3v) is 3.70. The number of esters is 1. The smallest absolute Gasteiger partial charge is 0.311 e. The van der Waals surface area contributed by atoms with Gasteiger partial charge in [-0.2, -0.15) is 0 Å². The lowest BCUT2D eigenvalue weighted by molar-refractivity contribution is -0.134. The first-order valence-corrected chi connectivity index (χ1v) is 9.12. The Balaban J connectivity index is 0.00000163. The molecule has 2 aromatic rings. The first-order chi connectivity index (χ1) is 12.4. The van der Waals surface area contributed by atoms with Gasteiger partial charge in [0.05, 0.1) is 0 Å². The molecule has 3 heteroatoms. The summed E-state index contributed by atoms with van der Waals surface area (Å²) in [7, 11) is 0. The van der Waals surface area contributed by atoms with Crippen LogP contribution in [0.4, 0.5) is 4.39 Å². The van der Waals surface area contributed by atoms with Gasteiger partial charge in [-0.05, 0) is 62.9 Å². The standard InChI is InChI=1S/C21H23FO2.C2H6/c1-15(2)4-9-18-14-16(3)5-12-20(18)24-21(23)13-8-17-6-10-19(22)11-7-17;1-2/h4-7,10-12,14H,8-9,13H2,1-3H3;1-2H3. The zero-order chi connectivity index (χ0) is 19.5. The van der Waals surface area contributed by atoms with Crippen molar-refractivity contribution >= 4 is 5.97 Å². The molecule has 2 rings (SSSR count). The molecule has 140 valence electrons. The Kier molecular flexibility index (Phi) is 9.35. The molecule has 0 spiro atoms. The van der Waals surface area contributed by atoms with Gasteiger partial charge in [-0.25, -0.2) is 4.39 Å². The largest absolute Gasteiger partial charge is 0.426 e. The first-order valence-electron chi connectivity index (χ1n) is 9.12. The lowest BCUT2D eigenvalue weighted by Gasteiger charge is -2.10. The Morgan fingerprint density at radius 1 is 1.08 bits per heavy atom. The van der Waals surface area contributed by atoms with Crippen molar-refractivity contribution in [3.63, 3.8) is 0 Å². The van der Waals surface area contributed by atoms with Crippen molar-refractivity contribution in [2.75, 3.05) is 0 Å². The zero-order valence-electron chi connectivity index (χ0n) is 16.4. The molecule has 0 aliphatic carbocycles. The summed E-state index contributed by atoms with van der Waals surface area (Å²) in [6.07, 6.45) is 3.66. The predicted molar refractivity (Wildman–Crippen MR) is 106 cm³/mol. The van der Waals surface area contributed by atoms with Crippen molar-refractivity contribution in [3.05, 3.63) is 76.6 Å². The third kappa shape index (κ3) is 7.64. The Morgan fingerprint density at radius 3 is 2.35 bits per heavy atom. The molecule has 0 radical (unpaired) electrons. The van der Waals surface area contributed by atoms with Gasteiger partial charge in [-0.3, -0.25) is 4.79 Å². The molecule has 0 N–H and O–H groups in total. The van der Waals surface area contributed by atoms with Crippen LogP contribution in [0.3, 0.4) is 0 Å². The maximum atomic E-state index is 12.9. The molecule has 0 amide bonds. The fraction of sp³-hybridized carbons (Fsp3) is 0.348. The Labute approximate surface area is 156 Å². The van der Waals surface area contributed by atoms with E-state index in [2.05, 4.69) is 6.08 Å². The van der Waals surface area contributed by atoms with Crippen molar-refractivity contribution < 1.29 is 13.9 Å². The summed E-state index contributed by atoms with van der Waals surface area (Å²) in [5.41, 5.74) is 4.29. The minimum absolute atomic E-state index is 0.265. The van der Waals surface area contributed by atoms with Crippen molar-refractivity contribution in [2.45, 2.75) is 53.9 Å². The molecular weight excluding hydrogens is 327 g/mol. The van der Waals surface area contributed by atoms with Gasteiger partial charge in [0.1, 0.15) is 11.6 Å². The Bertz CT molecular complexity index is 726. The average Bonchev–Trinajstić information content (AvgIpc) is 2.63. The van der Waals surface area contributed by atoms with Crippen LogP contribution in [0.2, 0.25) is 0 Å². The number of carbonyl (C=O) groups excluding carboxylic acids is 1. The molecule has 0 saturated carbocycles. The molecule has 0 heterocycles. The number of halogens is 1. The molecule has 2 nitrogen and oxygen atoms in total. The summed E-state index contributed by atoms with van der Waals surface area (Å²) in [5, 5.41) is 0. The van der Waals surface area contributed by atoms with Crippen LogP contribution in [0, 0.1) is 12.7 Å². The molecule has 0 atom stereocenters. The van der Waals surface area contributed by atoms with Crippen LogP contribution in [-0.2, 0) is 17.6 Å². The summed E-state index contributed by atoms with van der Waals surface area (Å²) >= 11 is 0. The Hall–Kier alpha value is -2.42. The second kappa shape index (κ2) is 11.2. The highest BCUT2D eigenvalue weighted by Crippen LogP contribution is 2.22. The van der Waals surface area contributed by atoms with Gasteiger partial charge in [0.25, 0.3) is 0 Å². The van der Waals surface area contributed by atoms with Gasteiger partial charge >= 0.3 is 5.97 Å².